The third-order valence-corrected chi connectivity index (χ3v) is 3.29. The van der Waals surface area contributed by atoms with E-state index in [0.29, 0.717) is 6.42 Å². The van der Waals surface area contributed by atoms with Gasteiger partial charge < -0.3 is 5.73 Å². The third kappa shape index (κ3) is 10.5. The zero-order valence-electron chi connectivity index (χ0n) is 11.8. The van der Waals surface area contributed by atoms with Crippen molar-refractivity contribution in [3.05, 3.63) is 0 Å². The van der Waals surface area contributed by atoms with E-state index in [9.17, 15) is 4.79 Å². The van der Waals surface area contributed by atoms with Crippen molar-refractivity contribution < 1.29 is 4.79 Å². The molecule has 1 unspecified atom stereocenters. The first-order valence-corrected chi connectivity index (χ1v) is 7.50. The molecule has 0 rings (SSSR count). The minimum Gasteiger partial charge on any atom is -0.322 e. The molecule has 0 aromatic carbocycles. The van der Waals surface area contributed by atoms with E-state index in [2.05, 4.69) is 13.8 Å². The second-order valence-electron chi connectivity index (χ2n) is 5.09. The van der Waals surface area contributed by atoms with Crippen molar-refractivity contribution in [3.63, 3.8) is 0 Å². The zero-order chi connectivity index (χ0) is 12.9. The summed E-state index contributed by atoms with van der Waals surface area (Å²) in [5.74, 6) is 0.262. The van der Waals surface area contributed by atoms with Gasteiger partial charge in [-0.25, -0.2) is 0 Å². The Hall–Kier alpha value is -0.370. The van der Waals surface area contributed by atoms with E-state index in [1.165, 1.54) is 44.9 Å². The Morgan fingerprint density at radius 3 is 1.94 bits per heavy atom. The summed E-state index contributed by atoms with van der Waals surface area (Å²) < 4.78 is 0. The van der Waals surface area contributed by atoms with Gasteiger partial charge in [-0.05, 0) is 12.8 Å². The molecule has 102 valence electrons. The Kier molecular flexibility index (Phi) is 11.8. The predicted molar refractivity (Wildman–Crippen MR) is 75.1 cm³/mol. The molecule has 0 aliphatic rings. The molecular formula is C15H31NO. The van der Waals surface area contributed by atoms with Crippen molar-refractivity contribution in [3.8, 4) is 0 Å². The molecule has 2 N–H and O–H groups in total. The van der Waals surface area contributed by atoms with Gasteiger partial charge in [-0.2, -0.15) is 0 Å². The van der Waals surface area contributed by atoms with Gasteiger partial charge in [0, 0.05) is 6.42 Å². The molecule has 0 heterocycles. The summed E-state index contributed by atoms with van der Waals surface area (Å²) in [5.41, 5.74) is 5.77. The molecule has 0 amide bonds. The zero-order valence-corrected chi connectivity index (χ0v) is 11.8. The van der Waals surface area contributed by atoms with E-state index in [1.54, 1.807) is 0 Å². The summed E-state index contributed by atoms with van der Waals surface area (Å²) in [6, 6.07) is -0.204. The second-order valence-corrected chi connectivity index (χ2v) is 5.09. The average Bonchev–Trinajstić information content (AvgIpc) is 2.32. The minimum absolute atomic E-state index is 0.204. The summed E-state index contributed by atoms with van der Waals surface area (Å²) in [6.07, 6.45) is 12.8. The Labute approximate surface area is 107 Å². The smallest absolute Gasteiger partial charge is 0.149 e. The van der Waals surface area contributed by atoms with Crippen LogP contribution in [-0.4, -0.2) is 11.8 Å². The molecule has 0 fully saturated rings. The van der Waals surface area contributed by atoms with E-state index < -0.39 is 0 Å². The fraction of sp³-hybridized carbons (Fsp3) is 0.933. The van der Waals surface area contributed by atoms with E-state index >= 15 is 0 Å². The van der Waals surface area contributed by atoms with E-state index in [0.717, 1.165) is 19.3 Å². The second kappa shape index (κ2) is 12.1. The normalized spacial score (nSPS) is 12.6. The lowest BCUT2D eigenvalue weighted by Crippen LogP contribution is -2.29. The standard InChI is InChI=1S/C15H31NO/c1-3-5-6-7-8-9-10-11-13-15(17)14(16)12-4-2/h14H,3-13,16H2,1-2H3. The van der Waals surface area contributed by atoms with Crippen LogP contribution in [0.15, 0.2) is 0 Å². The van der Waals surface area contributed by atoms with Crippen molar-refractivity contribution in [2.75, 3.05) is 0 Å². The maximum atomic E-state index is 11.6. The molecule has 0 aliphatic heterocycles. The Bertz CT molecular complexity index is 180. The molecule has 0 saturated heterocycles. The lowest BCUT2D eigenvalue weighted by Gasteiger charge is -2.08. The molecule has 17 heavy (non-hydrogen) atoms. The van der Waals surface area contributed by atoms with Crippen LogP contribution in [0, 0.1) is 0 Å². The summed E-state index contributed by atoms with van der Waals surface area (Å²) in [4.78, 5) is 11.6. The van der Waals surface area contributed by atoms with Gasteiger partial charge in [-0.3, -0.25) is 4.79 Å². The van der Waals surface area contributed by atoms with Gasteiger partial charge in [0.05, 0.1) is 6.04 Å². The number of carbonyl (C=O) groups excluding carboxylic acids is 1. The molecule has 2 heteroatoms. The first-order chi connectivity index (χ1) is 8.22. The molecule has 0 aliphatic carbocycles. The topological polar surface area (TPSA) is 43.1 Å². The van der Waals surface area contributed by atoms with Crippen LogP contribution in [0.1, 0.15) is 84.5 Å². The highest BCUT2D eigenvalue weighted by molar-refractivity contribution is 5.83. The van der Waals surface area contributed by atoms with Crippen molar-refractivity contribution in [1.29, 1.82) is 0 Å². The first kappa shape index (κ1) is 16.6. The minimum atomic E-state index is -0.204. The summed E-state index contributed by atoms with van der Waals surface area (Å²) in [7, 11) is 0. The van der Waals surface area contributed by atoms with Crippen molar-refractivity contribution in [2.45, 2.75) is 90.5 Å². The number of nitrogens with two attached hydrogens (primary N) is 1. The van der Waals surface area contributed by atoms with Crippen LogP contribution < -0.4 is 5.73 Å². The quantitative estimate of drug-likeness (QED) is 0.520. The molecular weight excluding hydrogens is 210 g/mol. The van der Waals surface area contributed by atoms with E-state index in [-0.39, 0.29) is 11.8 Å². The fourth-order valence-electron chi connectivity index (χ4n) is 2.09. The number of rotatable bonds is 12. The first-order valence-electron chi connectivity index (χ1n) is 7.50. The third-order valence-electron chi connectivity index (χ3n) is 3.29. The van der Waals surface area contributed by atoms with Gasteiger partial charge in [-0.15, -0.1) is 0 Å². The van der Waals surface area contributed by atoms with E-state index in [4.69, 9.17) is 5.73 Å². The average molecular weight is 241 g/mol. The van der Waals surface area contributed by atoms with Crippen LogP contribution in [0.5, 0.6) is 0 Å². The Morgan fingerprint density at radius 2 is 1.41 bits per heavy atom. The highest BCUT2D eigenvalue weighted by Gasteiger charge is 2.10. The van der Waals surface area contributed by atoms with Crippen molar-refractivity contribution in [1.82, 2.24) is 0 Å². The van der Waals surface area contributed by atoms with Gasteiger partial charge in [0.2, 0.25) is 0 Å². The number of hydrogen-bond acceptors (Lipinski definition) is 2. The molecule has 0 bridgehead atoms. The largest absolute Gasteiger partial charge is 0.322 e. The number of ketones is 1. The number of Topliss-reactive ketones (excluding diaryl/α,β-unsaturated/α-hetero) is 1. The Balaban J connectivity index is 3.24. The monoisotopic (exact) mass is 241 g/mol. The highest BCUT2D eigenvalue weighted by atomic mass is 16.1. The Morgan fingerprint density at radius 1 is 0.882 bits per heavy atom. The number of hydrogen-bond donors (Lipinski definition) is 1. The van der Waals surface area contributed by atoms with Gasteiger partial charge in [0.1, 0.15) is 5.78 Å². The SMILES string of the molecule is CCCCCCCCCCC(=O)C(N)CCC. The molecule has 0 radical (unpaired) electrons. The maximum absolute atomic E-state index is 11.6. The predicted octanol–water partition coefficient (Wildman–Crippen LogP) is 4.21. The lowest BCUT2D eigenvalue weighted by atomic mass is 10.0. The van der Waals surface area contributed by atoms with Gasteiger partial charge in [0.25, 0.3) is 0 Å². The maximum Gasteiger partial charge on any atom is 0.149 e. The highest BCUT2D eigenvalue weighted by Crippen LogP contribution is 2.10. The summed E-state index contributed by atoms with van der Waals surface area (Å²) >= 11 is 0. The van der Waals surface area contributed by atoms with Crippen LogP contribution in [0.3, 0.4) is 0 Å². The molecule has 0 saturated carbocycles. The molecule has 0 aromatic rings. The van der Waals surface area contributed by atoms with E-state index in [1.807, 2.05) is 0 Å². The van der Waals surface area contributed by atoms with Gasteiger partial charge >= 0.3 is 0 Å². The molecule has 1 atom stereocenters. The van der Waals surface area contributed by atoms with Crippen LogP contribution in [-0.2, 0) is 4.79 Å². The molecule has 2 nitrogen and oxygen atoms in total. The number of carbonyl (C=O) groups is 1. The van der Waals surface area contributed by atoms with Crippen molar-refractivity contribution in [2.24, 2.45) is 5.73 Å². The van der Waals surface area contributed by atoms with Gasteiger partial charge in [0.15, 0.2) is 0 Å². The molecule has 0 aromatic heterocycles. The van der Waals surface area contributed by atoms with Crippen molar-refractivity contribution >= 4 is 5.78 Å². The van der Waals surface area contributed by atoms with Crippen LogP contribution in [0.2, 0.25) is 0 Å². The summed E-state index contributed by atoms with van der Waals surface area (Å²) in [5, 5.41) is 0. The molecule has 0 spiro atoms. The fourth-order valence-corrected chi connectivity index (χ4v) is 2.09. The number of unbranched alkanes of at least 4 members (excludes halogenated alkanes) is 7. The van der Waals surface area contributed by atoms with Crippen LogP contribution >= 0.6 is 0 Å². The summed E-state index contributed by atoms with van der Waals surface area (Å²) in [6.45, 7) is 4.31. The van der Waals surface area contributed by atoms with Crippen LogP contribution in [0.25, 0.3) is 0 Å². The van der Waals surface area contributed by atoms with Gasteiger partial charge in [-0.1, -0.05) is 65.2 Å². The van der Waals surface area contributed by atoms with Crippen LogP contribution in [0.4, 0.5) is 0 Å². The lowest BCUT2D eigenvalue weighted by molar-refractivity contribution is -0.120.